The van der Waals surface area contributed by atoms with Crippen molar-refractivity contribution in [2.45, 2.75) is 6.54 Å². The van der Waals surface area contributed by atoms with E-state index in [0.717, 1.165) is 5.56 Å². The smallest absolute Gasteiger partial charge is 0.240 e. The highest BCUT2D eigenvalue weighted by Crippen LogP contribution is 2.12. The van der Waals surface area contributed by atoms with Gasteiger partial charge in [-0.3, -0.25) is 0 Å². The average Bonchev–Trinajstić information content (AvgIpc) is 2.06. The first-order valence-electron chi connectivity index (χ1n) is 3.23. The molecular weight excluding hydrogens is 140 g/mol. The second kappa shape index (κ2) is 3.66. The van der Waals surface area contributed by atoms with E-state index < -0.39 is 0 Å². The summed E-state index contributed by atoms with van der Waals surface area (Å²) in [6.45, 7) is 0.461. The molecule has 0 spiro atoms. The van der Waals surface area contributed by atoms with E-state index in [1.54, 1.807) is 18.2 Å². The maximum atomic E-state index is 9.85. The molecule has 1 aromatic carbocycles. The van der Waals surface area contributed by atoms with E-state index in [0.29, 0.717) is 12.2 Å². The summed E-state index contributed by atoms with van der Waals surface area (Å²) in [6.07, 6.45) is 1.47. The molecule has 0 amide bonds. The maximum Gasteiger partial charge on any atom is 0.240 e. The minimum absolute atomic E-state index is 0.461. The Morgan fingerprint density at radius 3 is 3.00 bits per heavy atom. The third kappa shape index (κ3) is 2.00. The molecule has 0 aliphatic heterocycles. The van der Waals surface area contributed by atoms with Crippen molar-refractivity contribution in [3.63, 3.8) is 0 Å². The number of rotatable bonds is 2. The largest absolute Gasteiger partial charge is 0.326 e. The zero-order valence-corrected chi connectivity index (χ0v) is 5.95. The third-order valence-corrected chi connectivity index (χ3v) is 1.32. The lowest BCUT2D eigenvalue weighted by Gasteiger charge is -1.94. The number of isocyanates is 1. The molecular formula is C8H8N2O. The van der Waals surface area contributed by atoms with Crippen LogP contribution in [0.1, 0.15) is 5.56 Å². The van der Waals surface area contributed by atoms with Gasteiger partial charge in [0, 0.05) is 6.54 Å². The van der Waals surface area contributed by atoms with Crippen molar-refractivity contribution in [1.82, 2.24) is 0 Å². The van der Waals surface area contributed by atoms with Crippen LogP contribution in [0.3, 0.4) is 0 Å². The molecule has 1 aromatic rings. The quantitative estimate of drug-likeness (QED) is 0.504. The van der Waals surface area contributed by atoms with Gasteiger partial charge >= 0.3 is 0 Å². The summed E-state index contributed by atoms with van der Waals surface area (Å²) in [5.41, 5.74) is 6.93. The third-order valence-electron chi connectivity index (χ3n) is 1.32. The molecule has 3 heteroatoms. The summed E-state index contributed by atoms with van der Waals surface area (Å²) in [4.78, 5) is 13.3. The molecule has 0 unspecified atom stereocenters. The highest BCUT2D eigenvalue weighted by Gasteiger charge is 1.90. The van der Waals surface area contributed by atoms with E-state index in [-0.39, 0.29) is 0 Å². The number of hydrogen-bond donors (Lipinski definition) is 1. The topological polar surface area (TPSA) is 55.4 Å². The van der Waals surface area contributed by atoms with Crippen LogP contribution in [0.4, 0.5) is 5.69 Å². The molecule has 0 saturated heterocycles. The van der Waals surface area contributed by atoms with Crippen LogP contribution in [-0.2, 0) is 11.3 Å². The van der Waals surface area contributed by atoms with Crippen LogP contribution in [0.2, 0.25) is 0 Å². The highest BCUT2D eigenvalue weighted by molar-refractivity contribution is 5.49. The fourth-order valence-electron chi connectivity index (χ4n) is 0.806. The fourth-order valence-corrected chi connectivity index (χ4v) is 0.806. The number of carbonyl (C=O) groups excluding carboxylic acids is 1. The Morgan fingerprint density at radius 2 is 2.36 bits per heavy atom. The van der Waals surface area contributed by atoms with Crippen molar-refractivity contribution in [2.24, 2.45) is 10.7 Å². The average molecular weight is 148 g/mol. The van der Waals surface area contributed by atoms with E-state index >= 15 is 0 Å². The molecule has 0 fully saturated rings. The fraction of sp³-hybridized carbons (Fsp3) is 0.125. The Balaban J connectivity index is 3.00. The Bertz CT molecular complexity index is 290. The van der Waals surface area contributed by atoms with Crippen LogP contribution in [0, 0.1) is 0 Å². The molecule has 0 heterocycles. The van der Waals surface area contributed by atoms with Gasteiger partial charge in [0.15, 0.2) is 0 Å². The lowest BCUT2D eigenvalue weighted by molar-refractivity contribution is 0.565. The Kier molecular flexibility index (Phi) is 2.55. The van der Waals surface area contributed by atoms with Gasteiger partial charge in [-0.15, -0.1) is 0 Å². The lowest BCUT2D eigenvalue weighted by atomic mass is 10.2. The van der Waals surface area contributed by atoms with Crippen LogP contribution >= 0.6 is 0 Å². The second-order valence-electron chi connectivity index (χ2n) is 2.08. The van der Waals surface area contributed by atoms with Gasteiger partial charge in [-0.05, 0) is 17.7 Å². The first kappa shape index (κ1) is 7.66. The van der Waals surface area contributed by atoms with Gasteiger partial charge < -0.3 is 5.73 Å². The van der Waals surface area contributed by atoms with Crippen molar-refractivity contribution in [1.29, 1.82) is 0 Å². The summed E-state index contributed by atoms with van der Waals surface area (Å²) in [5.74, 6) is 0. The molecule has 0 saturated carbocycles. The number of hydrogen-bond acceptors (Lipinski definition) is 3. The van der Waals surface area contributed by atoms with Crippen LogP contribution in [-0.4, -0.2) is 6.08 Å². The molecule has 1 rings (SSSR count). The Morgan fingerprint density at radius 1 is 1.55 bits per heavy atom. The zero-order valence-electron chi connectivity index (χ0n) is 5.95. The van der Waals surface area contributed by atoms with Gasteiger partial charge in [-0.25, -0.2) is 4.79 Å². The Labute approximate surface area is 64.6 Å². The number of benzene rings is 1. The predicted octanol–water partition coefficient (Wildman–Crippen LogP) is 1.11. The van der Waals surface area contributed by atoms with E-state index in [2.05, 4.69) is 4.99 Å². The predicted molar refractivity (Wildman–Crippen MR) is 42.1 cm³/mol. The maximum absolute atomic E-state index is 9.85. The summed E-state index contributed by atoms with van der Waals surface area (Å²) >= 11 is 0. The van der Waals surface area contributed by atoms with Crippen molar-refractivity contribution < 1.29 is 4.79 Å². The normalized spacial score (nSPS) is 8.82. The standard InChI is InChI=1S/C8H8N2O/c9-5-7-2-1-3-8(4-7)10-6-11/h1-4H,5,9H2. The molecule has 0 bridgehead atoms. The van der Waals surface area contributed by atoms with Crippen molar-refractivity contribution in [3.05, 3.63) is 29.8 Å². The van der Waals surface area contributed by atoms with Crippen molar-refractivity contribution >= 4 is 11.8 Å². The summed E-state index contributed by atoms with van der Waals surface area (Å²) in [5, 5.41) is 0. The van der Waals surface area contributed by atoms with E-state index in [1.807, 2.05) is 6.07 Å². The van der Waals surface area contributed by atoms with E-state index in [9.17, 15) is 4.79 Å². The highest BCUT2D eigenvalue weighted by atomic mass is 16.1. The molecule has 0 aliphatic rings. The van der Waals surface area contributed by atoms with Crippen LogP contribution < -0.4 is 5.73 Å². The van der Waals surface area contributed by atoms with Gasteiger partial charge in [-0.1, -0.05) is 12.1 Å². The van der Waals surface area contributed by atoms with Gasteiger partial charge in [0.05, 0.1) is 5.69 Å². The molecule has 3 nitrogen and oxygen atoms in total. The molecule has 56 valence electrons. The van der Waals surface area contributed by atoms with Gasteiger partial charge in [0.25, 0.3) is 0 Å². The van der Waals surface area contributed by atoms with Crippen molar-refractivity contribution in [2.75, 3.05) is 0 Å². The summed E-state index contributed by atoms with van der Waals surface area (Å²) in [7, 11) is 0. The van der Waals surface area contributed by atoms with Gasteiger partial charge in [0.1, 0.15) is 0 Å². The molecule has 0 atom stereocenters. The first-order chi connectivity index (χ1) is 5.36. The van der Waals surface area contributed by atoms with Gasteiger partial charge in [-0.2, -0.15) is 4.99 Å². The molecule has 11 heavy (non-hydrogen) atoms. The van der Waals surface area contributed by atoms with Gasteiger partial charge in [0.2, 0.25) is 6.08 Å². The lowest BCUT2D eigenvalue weighted by Crippen LogP contribution is -1.94. The van der Waals surface area contributed by atoms with E-state index in [1.165, 1.54) is 6.08 Å². The van der Waals surface area contributed by atoms with Crippen LogP contribution in [0.25, 0.3) is 0 Å². The first-order valence-corrected chi connectivity index (χ1v) is 3.23. The monoisotopic (exact) mass is 148 g/mol. The SMILES string of the molecule is NCc1cccc(N=C=O)c1. The molecule has 0 radical (unpaired) electrons. The summed E-state index contributed by atoms with van der Waals surface area (Å²) < 4.78 is 0. The number of aliphatic imine (C=N–C) groups is 1. The van der Waals surface area contributed by atoms with Crippen LogP contribution in [0.5, 0.6) is 0 Å². The second-order valence-corrected chi connectivity index (χ2v) is 2.08. The zero-order chi connectivity index (χ0) is 8.10. The number of nitrogens with two attached hydrogens (primary N) is 1. The minimum Gasteiger partial charge on any atom is -0.326 e. The molecule has 0 aliphatic carbocycles. The van der Waals surface area contributed by atoms with E-state index in [4.69, 9.17) is 5.73 Å². The van der Waals surface area contributed by atoms with Crippen LogP contribution in [0.15, 0.2) is 29.3 Å². The number of nitrogens with zero attached hydrogens (tertiary/aromatic N) is 1. The Hall–Kier alpha value is -1.44. The molecule has 2 N–H and O–H groups in total. The summed E-state index contributed by atoms with van der Waals surface area (Å²) in [6, 6.07) is 7.16. The minimum atomic E-state index is 0.461. The molecule has 0 aromatic heterocycles. The van der Waals surface area contributed by atoms with Crippen molar-refractivity contribution in [3.8, 4) is 0 Å².